The Kier molecular flexibility index (Phi) is 7.63. The van der Waals surface area contributed by atoms with Crippen LogP contribution in [0.1, 0.15) is 32.0 Å². The van der Waals surface area contributed by atoms with Gasteiger partial charge in [0.2, 0.25) is 0 Å². The summed E-state index contributed by atoms with van der Waals surface area (Å²) in [6.45, 7) is 10.6. The van der Waals surface area contributed by atoms with Crippen molar-refractivity contribution in [3.63, 3.8) is 0 Å². The van der Waals surface area contributed by atoms with Crippen molar-refractivity contribution in [3.05, 3.63) is 29.6 Å². The number of nitrogens with zero attached hydrogens (tertiary/aromatic N) is 2. The molecule has 0 aliphatic heterocycles. The molecular weight excluding hydrogens is 238 g/mol. The van der Waals surface area contributed by atoms with Crippen molar-refractivity contribution in [2.24, 2.45) is 0 Å². The van der Waals surface area contributed by atoms with Gasteiger partial charge >= 0.3 is 0 Å². The molecule has 0 amide bonds. The van der Waals surface area contributed by atoms with Crippen molar-refractivity contribution in [2.75, 3.05) is 26.8 Å². The van der Waals surface area contributed by atoms with Crippen molar-refractivity contribution in [1.29, 1.82) is 0 Å². The van der Waals surface area contributed by atoms with Gasteiger partial charge in [-0.15, -0.1) is 0 Å². The third kappa shape index (κ3) is 7.25. The van der Waals surface area contributed by atoms with Crippen LogP contribution >= 0.6 is 0 Å². The standard InChI is InChI=1S/C15H27N3O/c1-5-19-9-8-18(4)12-15-7-6-14(11-17-15)10-16-13(2)3/h6-7,11,13,16H,5,8-10,12H2,1-4H3. The molecule has 0 radical (unpaired) electrons. The minimum absolute atomic E-state index is 0.504. The molecule has 0 fully saturated rings. The zero-order chi connectivity index (χ0) is 14.1. The topological polar surface area (TPSA) is 37.4 Å². The van der Waals surface area contributed by atoms with Gasteiger partial charge in [0.25, 0.3) is 0 Å². The van der Waals surface area contributed by atoms with Crippen LogP contribution in [0.2, 0.25) is 0 Å². The molecule has 108 valence electrons. The lowest BCUT2D eigenvalue weighted by molar-refractivity contribution is 0.120. The van der Waals surface area contributed by atoms with E-state index in [1.165, 1.54) is 5.56 Å². The smallest absolute Gasteiger partial charge is 0.0593 e. The number of pyridine rings is 1. The summed E-state index contributed by atoms with van der Waals surface area (Å²) in [7, 11) is 2.09. The van der Waals surface area contributed by atoms with Gasteiger partial charge in [0.05, 0.1) is 12.3 Å². The molecule has 1 aromatic heterocycles. The maximum atomic E-state index is 5.34. The third-order valence-corrected chi connectivity index (χ3v) is 2.85. The Balaban J connectivity index is 2.34. The molecule has 0 aliphatic carbocycles. The minimum Gasteiger partial charge on any atom is -0.380 e. The van der Waals surface area contributed by atoms with Crippen LogP contribution in [0.4, 0.5) is 0 Å². The number of hydrogen-bond acceptors (Lipinski definition) is 4. The summed E-state index contributed by atoms with van der Waals surface area (Å²) in [5, 5.41) is 3.39. The van der Waals surface area contributed by atoms with Gasteiger partial charge in [-0.3, -0.25) is 9.88 Å². The van der Waals surface area contributed by atoms with Gasteiger partial charge in [-0.25, -0.2) is 0 Å². The molecule has 0 aromatic carbocycles. The highest BCUT2D eigenvalue weighted by molar-refractivity contribution is 5.14. The molecular formula is C15H27N3O. The highest BCUT2D eigenvalue weighted by Crippen LogP contribution is 2.03. The zero-order valence-corrected chi connectivity index (χ0v) is 12.6. The molecule has 1 heterocycles. The SMILES string of the molecule is CCOCCN(C)Cc1ccc(CNC(C)C)cn1. The van der Waals surface area contributed by atoms with Gasteiger partial charge in [-0.2, -0.15) is 0 Å². The Hall–Kier alpha value is -0.970. The van der Waals surface area contributed by atoms with Crippen LogP contribution in [0.25, 0.3) is 0 Å². The monoisotopic (exact) mass is 265 g/mol. The first-order valence-electron chi connectivity index (χ1n) is 7.05. The molecule has 0 aliphatic rings. The molecule has 0 atom stereocenters. The van der Waals surface area contributed by atoms with E-state index in [0.717, 1.165) is 38.5 Å². The summed E-state index contributed by atoms with van der Waals surface area (Å²) in [5.41, 5.74) is 2.33. The average molecular weight is 265 g/mol. The lowest BCUT2D eigenvalue weighted by Gasteiger charge is -2.16. The number of likely N-dealkylation sites (N-methyl/N-ethyl adjacent to an activating group) is 1. The van der Waals surface area contributed by atoms with E-state index >= 15 is 0 Å². The summed E-state index contributed by atoms with van der Waals surface area (Å²) >= 11 is 0. The van der Waals surface area contributed by atoms with E-state index in [1.54, 1.807) is 0 Å². The van der Waals surface area contributed by atoms with Gasteiger partial charge in [0.1, 0.15) is 0 Å². The average Bonchev–Trinajstić information content (AvgIpc) is 2.38. The lowest BCUT2D eigenvalue weighted by Crippen LogP contribution is -2.23. The second-order valence-electron chi connectivity index (χ2n) is 5.13. The van der Waals surface area contributed by atoms with Crippen LogP contribution in [0.5, 0.6) is 0 Å². The van der Waals surface area contributed by atoms with E-state index in [-0.39, 0.29) is 0 Å². The lowest BCUT2D eigenvalue weighted by atomic mass is 10.2. The highest BCUT2D eigenvalue weighted by Gasteiger charge is 2.02. The minimum atomic E-state index is 0.504. The Bertz CT molecular complexity index is 338. The van der Waals surface area contributed by atoms with Crippen LogP contribution in [-0.2, 0) is 17.8 Å². The fraction of sp³-hybridized carbons (Fsp3) is 0.667. The molecule has 0 bridgehead atoms. The number of rotatable bonds is 9. The van der Waals surface area contributed by atoms with Crippen molar-refractivity contribution in [3.8, 4) is 0 Å². The molecule has 0 unspecified atom stereocenters. The fourth-order valence-electron chi connectivity index (χ4n) is 1.70. The highest BCUT2D eigenvalue weighted by atomic mass is 16.5. The first-order chi connectivity index (χ1) is 9.11. The molecule has 1 rings (SSSR count). The van der Waals surface area contributed by atoms with Gasteiger partial charge in [-0.05, 0) is 25.6 Å². The van der Waals surface area contributed by atoms with Gasteiger partial charge in [0.15, 0.2) is 0 Å². The van der Waals surface area contributed by atoms with E-state index in [1.807, 2.05) is 13.1 Å². The van der Waals surface area contributed by atoms with E-state index in [2.05, 4.69) is 48.2 Å². The maximum absolute atomic E-state index is 5.34. The van der Waals surface area contributed by atoms with Crippen molar-refractivity contribution in [2.45, 2.75) is 39.9 Å². The number of hydrogen-bond donors (Lipinski definition) is 1. The number of aromatic nitrogens is 1. The van der Waals surface area contributed by atoms with Crippen molar-refractivity contribution >= 4 is 0 Å². The first-order valence-corrected chi connectivity index (χ1v) is 7.05. The van der Waals surface area contributed by atoms with Gasteiger partial charge in [-0.1, -0.05) is 19.9 Å². The maximum Gasteiger partial charge on any atom is 0.0593 e. The molecule has 0 saturated carbocycles. The second-order valence-corrected chi connectivity index (χ2v) is 5.13. The molecule has 0 spiro atoms. The Labute approximate surface area is 117 Å². The van der Waals surface area contributed by atoms with E-state index in [0.29, 0.717) is 6.04 Å². The van der Waals surface area contributed by atoms with Crippen LogP contribution in [0, 0.1) is 0 Å². The molecule has 1 aromatic rings. The Morgan fingerprint density at radius 2 is 2.16 bits per heavy atom. The van der Waals surface area contributed by atoms with Gasteiger partial charge < -0.3 is 10.1 Å². The fourth-order valence-corrected chi connectivity index (χ4v) is 1.70. The van der Waals surface area contributed by atoms with E-state index in [9.17, 15) is 0 Å². The summed E-state index contributed by atoms with van der Waals surface area (Å²) in [4.78, 5) is 6.73. The molecule has 4 nitrogen and oxygen atoms in total. The van der Waals surface area contributed by atoms with E-state index < -0.39 is 0 Å². The van der Waals surface area contributed by atoms with Gasteiger partial charge in [0, 0.05) is 38.5 Å². The number of ether oxygens (including phenoxy) is 1. The predicted molar refractivity (Wildman–Crippen MR) is 79.0 cm³/mol. The predicted octanol–water partition coefficient (Wildman–Crippen LogP) is 2.05. The van der Waals surface area contributed by atoms with Crippen LogP contribution in [0.15, 0.2) is 18.3 Å². The molecule has 1 N–H and O–H groups in total. The number of nitrogens with one attached hydrogen (secondary N) is 1. The van der Waals surface area contributed by atoms with Crippen LogP contribution in [0.3, 0.4) is 0 Å². The summed E-state index contributed by atoms with van der Waals surface area (Å²) < 4.78 is 5.34. The largest absolute Gasteiger partial charge is 0.380 e. The Morgan fingerprint density at radius 1 is 1.37 bits per heavy atom. The van der Waals surface area contributed by atoms with Crippen LogP contribution < -0.4 is 5.32 Å². The zero-order valence-electron chi connectivity index (χ0n) is 12.6. The van der Waals surface area contributed by atoms with Crippen molar-refractivity contribution in [1.82, 2.24) is 15.2 Å². The quantitative estimate of drug-likeness (QED) is 0.693. The normalized spacial score (nSPS) is 11.5. The third-order valence-electron chi connectivity index (χ3n) is 2.85. The molecule has 4 heteroatoms. The summed E-state index contributed by atoms with van der Waals surface area (Å²) in [5.74, 6) is 0. The first kappa shape index (κ1) is 16.1. The Morgan fingerprint density at radius 3 is 2.74 bits per heavy atom. The molecule has 0 saturated heterocycles. The molecule has 19 heavy (non-hydrogen) atoms. The van der Waals surface area contributed by atoms with E-state index in [4.69, 9.17) is 4.74 Å². The van der Waals surface area contributed by atoms with Crippen molar-refractivity contribution < 1.29 is 4.74 Å². The van der Waals surface area contributed by atoms with Crippen LogP contribution in [-0.4, -0.2) is 42.7 Å². The second kappa shape index (κ2) is 9.02. The summed E-state index contributed by atoms with van der Waals surface area (Å²) in [6, 6.07) is 4.76. The summed E-state index contributed by atoms with van der Waals surface area (Å²) in [6.07, 6.45) is 1.96.